The molecule has 0 bridgehead atoms. The molecule has 0 saturated carbocycles. The highest BCUT2D eigenvalue weighted by Gasteiger charge is 2.27. The van der Waals surface area contributed by atoms with Gasteiger partial charge in [0.2, 0.25) is 0 Å². The van der Waals surface area contributed by atoms with Crippen LogP contribution in [0.4, 0.5) is 0 Å². The molecule has 1 heterocycles. The third-order valence-electron chi connectivity index (χ3n) is 4.30. The van der Waals surface area contributed by atoms with E-state index >= 15 is 0 Å². The quantitative estimate of drug-likeness (QED) is 0.716. The fraction of sp³-hybridized carbons (Fsp3) is 1.00. The number of rotatable bonds is 8. The number of likely N-dealkylation sites (tertiary alicyclic amines) is 1. The summed E-state index contributed by atoms with van der Waals surface area (Å²) < 4.78 is 0. The van der Waals surface area contributed by atoms with Crippen molar-refractivity contribution in [3.63, 3.8) is 0 Å². The van der Waals surface area contributed by atoms with Crippen molar-refractivity contribution in [3.8, 4) is 0 Å². The van der Waals surface area contributed by atoms with E-state index in [1.165, 1.54) is 45.3 Å². The lowest BCUT2D eigenvalue weighted by molar-refractivity contribution is 0.146. The fourth-order valence-corrected chi connectivity index (χ4v) is 3.54. The molecule has 3 heteroatoms. The summed E-state index contributed by atoms with van der Waals surface area (Å²) in [6, 6.07) is 0.774. The van der Waals surface area contributed by atoms with E-state index in [0.717, 1.165) is 12.6 Å². The number of hydrogen-bond acceptors (Lipinski definition) is 3. The molecule has 1 aliphatic heterocycles. The minimum absolute atomic E-state index is 0.412. The average molecular weight is 255 g/mol. The lowest BCUT2D eigenvalue weighted by Gasteiger charge is -2.35. The zero-order chi connectivity index (χ0) is 13.6. The van der Waals surface area contributed by atoms with Crippen molar-refractivity contribution in [3.05, 3.63) is 0 Å². The second kappa shape index (κ2) is 7.46. The second-order valence-corrected chi connectivity index (χ2v) is 6.56. The smallest absolute Gasteiger partial charge is 0.0220 e. The number of nitrogens with one attached hydrogen (secondary N) is 1. The first kappa shape index (κ1) is 15.9. The van der Waals surface area contributed by atoms with Crippen LogP contribution in [0, 0.1) is 5.41 Å². The van der Waals surface area contributed by atoms with Gasteiger partial charge in [-0.2, -0.15) is 0 Å². The Bertz CT molecular complexity index is 224. The van der Waals surface area contributed by atoms with Gasteiger partial charge in [0.25, 0.3) is 0 Å². The minimum Gasteiger partial charge on any atom is -0.319 e. The van der Waals surface area contributed by atoms with Gasteiger partial charge in [0.15, 0.2) is 0 Å². The van der Waals surface area contributed by atoms with Crippen LogP contribution in [0.3, 0.4) is 0 Å². The maximum Gasteiger partial charge on any atom is 0.0220 e. The third kappa shape index (κ3) is 4.87. The molecule has 0 aromatic carbocycles. The van der Waals surface area contributed by atoms with Gasteiger partial charge in [-0.25, -0.2) is 0 Å². The molecule has 2 unspecified atom stereocenters. The largest absolute Gasteiger partial charge is 0.319 e. The summed E-state index contributed by atoms with van der Waals surface area (Å²) in [5.41, 5.74) is 0.412. The molecule has 18 heavy (non-hydrogen) atoms. The molecule has 1 aliphatic rings. The van der Waals surface area contributed by atoms with Crippen LogP contribution < -0.4 is 5.32 Å². The monoisotopic (exact) mass is 255 g/mol. The van der Waals surface area contributed by atoms with Crippen LogP contribution in [-0.4, -0.2) is 63.2 Å². The van der Waals surface area contributed by atoms with Crippen LogP contribution in [0.2, 0.25) is 0 Å². The SMILES string of the molecule is CCCC(C)(CNC)CN(C)CC1CCCN1C. The normalized spacial score (nSPS) is 24.7. The molecule has 0 aliphatic carbocycles. The van der Waals surface area contributed by atoms with E-state index in [1.54, 1.807) is 0 Å². The van der Waals surface area contributed by atoms with Crippen molar-refractivity contribution >= 4 is 0 Å². The molecule has 2 atom stereocenters. The van der Waals surface area contributed by atoms with Gasteiger partial charge >= 0.3 is 0 Å². The van der Waals surface area contributed by atoms with E-state index in [4.69, 9.17) is 0 Å². The summed E-state index contributed by atoms with van der Waals surface area (Å²) in [6.07, 6.45) is 5.32. The van der Waals surface area contributed by atoms with Crippen LogP contribution in [0.5, 0.6) is 0 Å². The Labute approximate surface area is 114 Å². The van der Waals surface area contributed by atoms with Crippen LogP contribution >= 0.6 is 0 Å². The Balaban J connectivity index is 2.42. The zero-order valence-electron chi connectivity index (χ0n) is 13.1. The predicted molar refractivity (Wildman–Crippen MR) is 80.1 cm³/mol. The standard InChI is InChI=1S/C15H33N3/c1-6-9-15(2,12-16-3)13-17(4)11-14-8-7-10-18(14)5/h14,16H,6-13H2,1-5H3. The first-order valence-corrected chi connectivity index (χ1v) is 7.54. The van der Waals surface area contributed by atoms with Gasteiger partial charge < -0.3 is 15.1 Å². The predicted octanol–water partition coefficient (Wildman–Crippen LogP) is 2.04. The topological polar surface area (TPSA) is 18.5 Å². The second-order valence-electron chi connectivity index (χ2n) is 6.56. The minimum atomic E-state index is 0.412. The van der Waals surface area contributed by atoms with Crippen molar-refractivity contribution in [2.45, 2.75) is 45.6 Å². The van der Waals surface area contributed by atoms with Crippen LogP contribution in [0.1, 0.15) is 39.5 Å². The van der Waals surface area contributed by atoms with Gasteiger partial charge in [-0.15, -0.1) is 0 Å². The Hall–Kier alpha value is -0.120. The summed E-state index contributed by atoms with van der Waals surface area (Å²) >= 11 is 0. The molecule has 108 valence electrons. The van der Waals surface area contributed by atoms with Crippen LogP contribution in [0.15, 0.2) is 0 Å². The Morgan fingerprint density at radius 1 is 1.44 bits per heavy atom. The molecule has 1 N–H and O–H groups in total. The summed E-state index contributed by atoms with van der Waals surface area (Å²) in [4.78, 5) is 5.06. The molecule has 0 amide bonds. The summed E-state index contributed by atoms with van der Waals surface area (Å²) in [5, 5.41) is 3.36. The molecule has 1 rings (SSSR count). The Morgan fingerprint density at radius 2 is 2.17 bits per heavy atom. The van der Waals surface area contributed by atoms with Crippen molar-refractivity contribution < 1.29 is 0 Å². The van der Waals surface area contributed by atoms with E-state index in [1.807, 2.05) is 0 Å². The molecule has 3 nitrogen and oxygen atoms in total. The number of nitrogens with zero attached hydrogens (tertiary/aromatic N) is 2. The summed E-state index contributed by atoms with van der Waals surface area (Å²) in [6.45, 7) is 9.53. The molecule has 0 aromatic rings. The van der Waals surface area contributed by atoms with Gasteiger partial charge in [-0.1, -0.05) is 20.3 Å². The van der Waals surface area contributed by atoms with E-state index in [-0.39, 0.29) is 0 Å². The molecule has 0 radical (unpaired) electrons. The van der Waals surface area contributed by atoms with E-state index in [9.17, 15) is 0 Å². The van der Waals surface area contributed by atoms with Gasteiger partial charge in [0.05, 0.1) is 0 Å². The van der Waals surface area contributed by atoms with Crippen molar-refractivity contribution in [1.82, 2.24) is 15.1 Å². The highest BCUT2D eigenvalue weighted by atomic mass is 15.2. The van der Waals surface area contributed by atoms with Crippen LogP contribution in [0.25, 0.3) is 0 Å². The maximum atomic E-state index is 3.36. The lowest BCUT2D eigenvalue weighted by atomic mass is 9.85. The van der Waals surface area contributed by atoms with Gasteiger partial charge in [-0.3, -0.25) is 0 Å². The first-order valence-electron chi connectivity index (χ1n) is 7.54. The zero-order valence-corrected chi connectivity index (χ0v) is 13.1. The highest BCUT2D eigenvalue weighted by molar-refractivity contribution is 4.83. The Morgan fingerprint density at radius 3 is 2.67 bits per heavy atom. The molecule has 0 aromatic heterocycles. The van der Waals surface area contributed by atoms with E-state index in [0.29, 0.717) is 5.41 Å². The van der Waals surface area contributed by atoms with Gasteiger partial charge in [-0.05, 0) is 52.4 Å². The molecular formula is C15H33N3. The average Bonchev–Trinajstić information content (AvgIpc) is 2.64. The number of hydrogen-bond donors (Lipinski definition) is 1. The first-order chi connectivity index (χ1) is 8.50. The molecule has 1 fully saturated rings. The van der Waals surface area contributed by atoms with Crippen LogP contribution in [-0.2, 0) is 0 Å². The number of likely N-dealkylation sites (N-methyl/N-ethyl adjacent to an activating group) is 2. The van der Waals surface area contributed by atoms with Crippen molar-refractivity contribution in [2.24, 2.45) is 5.41 Å². The Kier molecular flexibility index (Phi) is 6.61. The van der Waals surface area contributed by atoms with Gasteiger partial charge in [0, 0.05) is 25.7 Å². The highest BCUT2D eigenvalue weighted by Crippen LogP contribution is 2.24. The summed E-state index contributed by atoms with van der Waals surface area (Å²) in [7, 11) is 6.62. The van der Waals surface area contributed by atoms with Crippen molar-refractivity contribution in [1.29, 1.82) is 0 Å². The third-order valence-corrected chi connectivity index (χ3v) is 4.30. The molecule has 1 saturated heterocycles. The fourth-order valence-electron chi connectivity index (χ4n) is 3.54. The maximum absolute atomic E-state index is 3.36. The van der Waals surface area contributed by atoms with Gasteiger partial charge in [0.1, 0.15) is 0 Å². The lowest BCUT2D eigenvalue weighted by Crippen LogP contribution is -2.44. The van der Waals surface area contributed by atoms with E-state index < -0.39 is 0 Å². The summed E-state index contributed by atoms with van der Waals surface area (Å²) in [5.74, 6) is 0. The molecule has 0 spiro atoms. The molecular weight excluding hydrogens is 222 g/mol. The van der Waals surface area contributed by atoms with Crippen molar-refractivity contribution in [2.75, 3.05) is 47.3 Å². The van der Waals surface area contributed by atoms with E-state index in [2.05, 4.69) is 50.1 Å².